The molecule has 2 heteroatoms. The van der Waals surface area contributed by atoms with E-state index in [0.29, 0.717) is 12.0 Å². The van der Waals surface area contributed by atoms with Gasteiger partial charge in [0.1, 0.15) is 5.84 Å². The first-order chi connectivity index (χ1) is 4.20. The van der Waals surface area contributed by atoms with E-state index in [1.807, 2.05) is 13.1 Å². The lowest BCUT2D eigenvalue weighted by Gasteiger charge is -1.98. The first-order valence-corrected chi connectivity index (χ1v) is 3.32. The van der Waals surface area contributed by atoms with E-state index in [2.05, 4.69) is 23.8 Å². The van der Waals surface area contributed by atoms with Gasteiger partial charge in [-0.15, -0.1) is 0 Å². The van der Waals surface area contributed by atoms with Gasteiger partial charge in [0.05, 0.1) is 6.04 Å². The van der Waals surface area contributed by atoms with Gasteiger partial charge in [-0.3, -0.25) is 4.99 Å². The third-order valence-electron chi connectivity index (χ3n) is 1.27. The van der Waals surface area contributed by atoms with Crippen LogP contribution in [0.2, 0.25) is 0 Å². The van der Waals surface area contributed by atoms with Gasteiger partial charge in [-0.2, -0.15) is 0 Å². The van der Waals surface area contributed by atoms with Crippen molar-refractivity contribution < 1.29 is 0 Å². The third-order valence-corrected chi connectivity index (χ3v) is 1.27. The molecule has 0 spiro atoms. The van der Waals surface area contributed by atoms with Crippen molar-refractivity contribution in [3.05, 3.63) is 0 Å². The van der Waals surface area contributed by atoms with Gasteiger partial charge >= 0.3 is 0 Å². The van der Waals surface area contributed by atoms with Crippen LogP contribution >= 0.6 is 0 Å². The van der Waals surface area contributed by atoms with E-state index in [0.717, 1.165) is 5.84 Å². The minimum absolute atomic E-state index is 0.308. The Balaban J connectivity index is 2.64. The Hall–Kier alpha value is -0.660. The van der Waals surface area contributed by atoms with Gasteiger partial charge < -0.3 is 0 Å². The molecule has 1 unspecified atom stereocenters. The molecule has 0 aromatic rings. The van der Waals surface area contributed by atoms with Crippen LogP contribution in [0.5, 0.6) is 0 Å². The fourth-order valence-corrected chi connectivity index (χ4v) is 0.758. The monoisotopic (exact) mass is 124 g/mol. The zero-order valence-corrected chi connectivity index (χ0v) is 6.13. The van der Waals surface area contributed by atoms with E-state index in [1.54, 1.807) is 0 Å². The van der Waals surface area contributed by atoms with Crippen LogP contribution in [0.4, 0.5) is 0 Å². The molecular weight excluding hydrogens is 112 g/mol. The molecule has 1 atom stereocenters. The van der Waals surface area contributed by atoms with E-state index >= 15 is 0 Å². The van der Waals surface area contributed by atoms with Crippen molar-refractivity contribution in [2.45, 2.75) is 26.8 Å². The minimum atomic E-state index is 0.308. The van der Waals surface area contributed by atoms with Crippen LogP contribution in [0.25, 0.3) is 0 Å². The molecule has 0 aromatic carbocycles. The molecule has 50 valence electrons. The first kappa shape index (κ1) is 6.46. The molecule has 1 aliphatic rings. The zero-order chi connectivity index (χ0) is 6.85. The molecule has 0 radical (unpaired) electrons. The van der Waals surface area contributed by atoms with Gasteiger partial charge in [0, 0.05) is 12.1 Å². The van der Waals surface area contributed by atoms with E-state index in [-0.39, 0.29) is 0 Å². The van der Waals surface area contributed by atoms with Gasteiger partial charge in [-0.1, -0.05) is 13.8 Å². The van der Waals surface area contributed by atoms with Crippen molar-refractivity contribution in [2.75, 3.05) is 0 Å². The lowest BCUT2D eigenvalue weighted by molar-refractivity contribution is 0.862. The van der Waals surface area contributed by atoms with Crippen molar-refractivity contribution in [1.82, 2.24) is 0 Å². The third kappa shape index (κ3) is 1.37. The average Bonchev–Trinajstić information content (AvgIpc) is 2.14. The summed E-state index contributed by atoms with van der Waals surface area (Å²) < 4.78 is 0. The minimum Gasteiger partial charge on any atom is -0.261 e. The van der Waals surface area contributed by atoms with Crippen LogP contribution < -0.4 is 0 Å². The highest BCUT2D eigenvalue weighted by atomic mass is 15.0. The summed E-state index contributed by atoms with van der Waals surface area (Å²) in [6.07, 6.45) is 1.88. The largest absolute Gasteiger partial charge is 0.261 e. The number of hydrogen-bond acceptors (Lipinski definition) is 2. The molecule has 0 N–H and O–H groups in total. The Kier molecular flexibility index (Phi) is 1.65. The fourth-order valence-electron chi connectivity index (χ4n) is 0.758. The second-order valence-corrected chi connectivity index (χ2v) is 2.66. The number of nitrogens with zero attached hydrogens (tertiary/aromatic N) is 2. The molecular formula is C7H12N2. The van der Waals surface area contributed by atoms with Crippen molar-refractivity contribution in [1.29, 1.82) is 0 Å². The maximum absolute atomic E-state index is 4.28. The summed E-state index contributed by atoms with van der Waals surface area (Å²) in [4.78, 5) is 8.42. The molecule has 0 saturated carbocycles. The Labute approximate surface area is 55.7 Å². The number of rotatable bonds is 1. The predicted molar refractivity (Wildman–Crippen MR) is 40.2 cm³/mol. The second kappa shape index (κ2) is 2.29. The molecule has 9 heavy (non-hydrogen) atoms. The second-order valence-electron chi connectivity index (χ2n) is 2.66. The quantitative estimate of drug-likeness (QED) is 0.506. The summed E-state index contributed by atoms with van der Waals surface area (Å²) in [6.45, 7) is 6.25. The Bertz CT molecular complexity index is 156. The number of aliphatic imine (C=N–C) groups is 2. The summed E-state index contributed by atoms with van der Waals surface area (Å²) in [5.74, 6) is 1.47. The maximum atomic E-state index is 4.28. The van der Waals surface area contributed by atoms with Crippen LogP contribution in [-0.2, 0) is 0 Å². The summed E-state index contributed by atoms with van der Waals surface area (Å²) in [5.41, 5.74) is 0. The van der Waals surface area contributed by atoms with Gasteiger partial charge in [0.25, 0.3) is 0 Å². The van der Waals surface area contributed by atoms with Crippen LogP contribution in [0.3, 0.4) is 0 Å². The molecule has 0 amide bonds. The van der Waals surface area contributed by atoms with Gasteiger partial charge in [0.2, 0.25) is 0 Å². The summed E-state index contributed by atoms with van der Waals surface area (Å²) >= 11 is 0. The molecule has 0 aliphatic carbocycles. The van der Waals surface area contributed by atoms with Crippen LogP contribution in [0, 0.1) is 5.92 Å². The van der Waals surface area contributed by atoms with Crippen molar-refractivity contribution in [3.63, 3.8) is 0 Å². The van der Waals surface area contributed by atoms with Gasteiger partial charge in [0.15, 0.2) is 0 Å². The summed E-state index contributed by atoms with van der Waals surface area (Å²) in [6, 6.07) is 0.308. The van der Waals surface area contributed by atoms with Crippen molar-refractivity contribution in [3.8, 4) is 0 Å². The highest BCUT2D eigenvalue weighted by Gasteiger charge is 2.09. The highest BCUT2D eigenvalue weighted by molar-refractivity contribution is 5.96. The predicted octanol–water partition coefficient (Wildman–Crippen LogP) is 1.51. The lowest BCUT2D eigenvalue weighted by Crippen LogP contribution is -2.01. The maximum Gasteiger partial charge on any atom is 0.126 e. The van der Waals surface area contributed by atoms with E-state index < -0.39 is 0 Å². The average molecular weight is 124 g/mol. The van der Waals surface area contributed by atoms with E-state index in [9.17, 15) is 0 Å². The topological polar surface area (TPSA) is 24.7 Å². The van der Waals surface area contributed by atoms with E-state index in [4.69, 9.17) is 0 Å². The van der Waals surface area contributed by atoms with Gasteiger partial charge in [-0.05, 0) is 6.92 Å². The highest BCUT2D eigenvalue weighted by Crippen LogP contribution is 2.05. The molecule has 1 rings (SSSR count). The molecule has 0 saturated heterocycles. The fraction of sp³-hybridized carbons (Fsp3) is 0.714. The van der Waals surface area contributed by atoms with Crippen LogP contribution in [0.1, 0.15) is 20.8 Å². The molecule has 1 aliphatic heterocycles. The van der Waals surface area contributed by atoms with Gasteiger partial charge in [-0.25, -0.2) is 4.99 Å². The van der Waals surface area contributed by atoms with Crippen molar-refractivity contribution >= 4 is 12.1 Å². The van der Waals surface area contributed by atoms with Crippen molar-refractivity contribution in [2.24, 2.45) is 15.9 Å². The number of hydrogen-bond donors (Lipinski definition) is 0. The summed E-state index contributed by atoms with van der Waals surface area (Å²) in [5, 5.41) is 0. The van der Waals surface area contributed by atoms with E-state index in [1.165, 1.54) is 0 Å². The van der Waals surface area contributed by atoms with Crippen LogP contribution in [-0.4, -0.2) is 18.1 Å². The normalized spacial score (nSPS) is 25.3. The lowest BCUT2D eigenvalue weighted by atomic mass is 10.2. The van der Waals surface area contributed by atoms with Crippen LogP contribution in [0.15, 0.2) is 9.98 Å². The molecule has 2 nitrogen and oxygen atoms in total. The SMILES string of the molecule is CC1C=NC(C(C)C)=N1. The molecule has 0 aromatic heterocycles. The Morgan fingerprint density at radius 1 is 1.56 bits per heavy atom. The zero-order valence-electron chi connectivity index (χ0n) is 6.13. The molecule has 1 heterocycles. The first-order valence-electron chi connectivity index (χ1n) is 3.32. The smallest absolute Gasteiger partial charge is 0.126 e. The Morgan fingerprint density at radius 3 is 2.44 bits per heavy atom. The molecule has 0 fully saturated rings. The Morgan fingerprint density at radius 2 is 2.22 bits per heavy atom. The summed E-state index contributed by atoms with van der Waals surface area (Å²) in [7, 11) is 0. The molecule has 0 bridgehead atoms. The number of amidine groups is 1. The standard InChI is InChI=1S/C7H12N2/c1-5(2)7-8-4-6(3)9-7/h4-6H,1-3H3.